The molecule has 2 rings (SSSR count). The van der Waals surface area contributed by atoms with Crippen LogP contribution in [0.3, 0.4) is 0 Å². The third-order valence-electron chi connectivity index (χ3n) is 2.85. The van der Waals surface area contributed by atoms with Gasteiger partial charge in [-0.1, -0.05) is 29.8 Å². The molecule has 0 aliphatic carbocycles. The molecule has 0 saturated carbocycles. The summed E-state index contributed by atoms with van der Waals surface area (Å²) in [4.78, 5) is 2.03. The van der Waals surface area contributed by atoms with Gasteiger partial charge in [-0.2, -0.15) is 0 Å². The van der Waals surface area contributed by atoms with E-state index in [0.29, 0.717) is 0 Å². The molecule has 0 amide bonds. The quantitative estimate of drug-likeness (QED) is 0.825. The number of anilines is 1. The van der Waals surface area contributed by atoms with Crippen molar-refractivity contribution in [1.82, 2.24) is 0 Å². The van der Waals surface area contributed by atoms with E-state index in [9.17, 15) is 0 Å². The first kappa shape index (κ1) is 12.8. The summed E-state index contributed by atoms with van der Waals surface area (Å²) in [5.74, 6) is 0.834. The van der Waals surface area contributed by atoms with Crippen LogP contribution in [0.1, 0.15) is 0 Å². The van der Waals surface area contributed by atoms with E-state index in [1.165, 1.54) is 0 Å². The van der Waals surface area contributed by atoms with Crippen molar-refractivity contribution in [3.63, 3.8) is 0 Å². The first-order chi connectivity index (χ1) is 8.61. The summed E-state index contributed by atoms with van der Waals surface area (Å²) in [5, 5.41) is 0.745. The second-order valence-electron chi connectivity index (χ2n) is 4.29. The van der Waals surface area contributed by atoms with Crippen molar-refractivity contribution in [1.29, 1.82) is 0 Å². The number of ether oxygens (including phenoxy) is 1. The molecule has 0 radical (unpaired) electrons. The molecule has 94 valence electrons. The van der Waals surface area contributed by atoms with Crippen molar-refractivity contribution in [3.8, 4) is 16.9 Å². The minimum absolute atomic E-state index is 0.745. The molecule has 0 N–H and O–H groups in total. The third kappa shape index (κ3) is 2.59. The van der Waals surface area contributed by atoms with E-state index < -0.39 is 0 Å². The fraction of sp³-hybridized carbons (Fsp3) is 0.200. The highest BCUT2D eigenvalue weighted by atomic mass is 35.5. The summed E-state index contributed by atoms with van der Waals surface area (Å²) in [6.45, 7) is 0. The monoisotopic (exact) mass is 261 g/mol. The Morgan fingerprint density at radius 2 is 1.83 bits per heavy atom. The van der Waals surface area contributed by atoms with E-state index in [2.05, 4.69) is 6.07 Å². The van der Waals surface area contributed by atoms with Crippen LogP contribution in [0.2, 0.25) is 5.02 Å². The van der Waals surface area contributed by atoms with Crippen LogP contribution in [0.15, 0.2) is 42.5 Å². The molecule has 2 aromatic carbocycles. The number of nitrogens with zero attached hydrogens (tertiary/aromatic N) is 1. The topological polar surface area (TPSA) is 12.5 Å². The van der Waals surface area contributed by atoms with E-state index >= 15 is 0 Å². The number of rotatable bonds is 3. The zero-order valence-electron chi connectivity index (χ0n) is 10.8. The Labute approximate surface area is 113 Å². The second-order valence-corrected chi connectivity index (χ2v) is 4.70. The molecule has 18 heavy (non-hydrogen) atoms. The maximum atomic E-state index is 6.34. The van der Waals surface area contributed by atoms with Gasteiger partial charge in [-0.3, -0.25) is 0 Å². The van der Waals surface area contributed by atoms with Crippen LogP contribution in [-0.2, 0) is 0 Å². The zero-order chi connectivity index (χ0) is 13.1. The SMILES string of the molecule is COc1cccc(-c2ccc(N(C)C)cc2Cl)c1. The fourth-order valence-corrected chi connectivity index (χ4v) is 2.09. The molecule has 0 atom stereocenters. The van der Waals surface area contributed by atoms with Gasteiger partial charge in [0.15, 0.2) is 0 Å². The molecule has 2 aromatic rings. The summed E-state index contributed by atoms with van der Waals surface area (Å²) in [7, 11) is 5.66. The predicted molar refractivity (Wildman–Crippen MR) is 77.8 cm³/mol. The average molecular weight is 262 g/mol. The van der Waals surface area contributed by atoms with E-state index in [0.717, 1.165) is 27.6 Å². The lowest BCUT2D eigenvalue weighted by molar-refractivity contribution is 0.415. The molecule has 0 unspecified atom stereocenters. The van der Waals surface area contributed by atoms with Crippen molar-refractivity contribution in [2.24, 2.45) is 0 Å². The summed E-state index contributed by atoms with van der Waals surface area (Å²) in [6, 6.07) is 14.0. The summed E-state index contributed by atoms with van der Waals surface area (Å²) >= 11 is 6.34. The second kappa shape index (κ2) is 5.32. The highest BCUT2D eigenvalue weighted by Gasteiger charge is 2.06. The lowest BCUT2D eigenvalue weighted by Gasteiger charge is -2.14. The van der Waals surface area contributed by atoms with Crippen LogP contribution in [0.25, 0.3) is 11.1 Å². The average Bonchev–Trinajstić information content (AvgIpc) is 2.38. The van der Waals surface area contributed by atoms with Gasteiger partial charge in [-0.25, -0.2) is 0 Å². The first-order valence-electron chi connectivity index (χ1n) is 5.73. The van der Waals surface area contributed by atoms with Gasteiger partial charge >= 0.3 is 0 Å². The van der Waals surface area contributed by atoms with E-state index in [4.69, 9.17) is 16.3 Å². The number of halogens is 1. The lowest BCUT2D eigenvalue weighted by atomic mass is 10.0. The van der Waals surface area contributed by atoms with Crippen LogP contribution < -0.4 is 9.64 Å². The minimum atomic E-state index is 0.745. The Morgan fingerprint density at radius 3 is 2.44 bits per heavy atom. The number of hydrogen-bond acceptors (Lipinski definition) is 2. The Hall–Kier alpha value is -1.67. The molecule has 3 heteroatoms. The molecule has 0 aliphatic rings. The molecule has 2 nitrogen and oxygen atoms in total. The number of methoxy groups -OCH3 is 1. The molecule has 0 saturated heterocycles. The standard InChI is InChI=1S/C15H16ClNO/c1-17(2)12-7-8-14(15(16)10-12)11-5-4-6-13(9-11)18-3/h4-10H,1-3H3. The number of hydrogen-bond donors (Lipinski definition) is 0. The molecule has 0 heterocycles. The van der Waals surface area contributed by atoms with Gasteiger partial charge in [0.05, 0.1) is 12.1 Å². The summed E-state index contributed by atoms with van der Waals surface area (Å²) in [5.41, 5.74) is 3.16. The van der Waals surface area contributed by atoms with Crippen LogP contribution >= 0.6 is 11.6 Å². The first-order valence-corrected chi connectivity index (χ1v) is 6.11. The molecular weight excluding hydrogens is 246 g/mol. The minimum Gasteiger partial charge on any atom is -0.497 e. The van der Waals surface area contributed by atoms with Crippen molar-refractivity contribution in [2.45, 2.75) is 0 Å². The van der Waals surface area contributed by atoms with E-state index in [-0.39, 0.29) is 0 Å². The highest BCUT2D eigenvalue weighted by Crippen LogP contribution is 2.32. The van der Waals surface area contributed by atoms with Crippen molar-refractivity contribution in [3.05, 3.63) is 47.5 Å². The lowest BCUT2D eigenvalue weighted by Crippen LogP contribution is -2.08. The van der Waals surface area contributed by atoms with Crippen molar-refractivity contribution < 1.29 is 4.74 Å². The number of benzene rings is 2. The molecule has 0 bridgehead atoms. The van der Waals surface area contributed by atoms with Crippen molar-refractivity contribution in [2.75, 3.05) is 26.1 Å². The molecule has 0 aromatic heterocycles. The maximum absolute atomic E-state index is 6.34. The largest absolute Gasteiger partial charge is 0.497 e. The Balaban J connectivity index is 2.44. The fourth-order valence-electron chi connectivity index (χ4n) is 1.81. The predicted octanol–water partition coefficient (Wildman–Crippen LogP) is 4.08. The summed E-state index contributed by atoms with van der Waals surface area (Å²) in [6.07, 6.45) is 0. The maximum Gasteiger partial charge on any atom is 0.119 e. The smallest absolute Gasteiger partial charge is 0.119 e. The molecule has 0 aliphatic heterocycles. The van der Waals surface area contributed by atoms with Gasteiger partial charge in [-0.15, -0.1) is 0 Å². The van der Waals surface area contributed by atoms with Gasteiger partial charge in [0.1, 0.15) is 5.75 Å². The van der Waals surface area contributed by atoms with Gasteiger partial charge in [0.25, 0.3) is 0 Å². The third-order valence-corrected chi connectivity index (χ3v) is 3.16. The summed E-state index contributed by atoms with van der Waals surface area (Å²) < 4.78 is 5.23. The Bertz CT molecular complexity index is 552. The normalized spacial score (nSPS) is 10.2. The van der Waals surface area contributed by atoms with Crippen LogP contribution in [0, 0.1) is 0 Å². The Morgan fingerprint density at radius 1 is 1.06 bits per heavy atom. The van der Waals surface area contributed by atoms with Gasteiger partial charge < -0.3 is 9.64 Å². The van der Waals surface area contributed by atoms with Crippen LogP contribution in [-0.4, -0.2) is 21.2 Å². The van der Waals surface area contributed by atoms with E-state index in [1.54, 1.807) is 7.11 Å². The molecule has 0 fully saturated rings. The van der Waals surface area contributed by atoms with Crippen molar-refractivity contribution >= 4 is 17.3 Å². The van der Waals surface area contributed by atoms with Gasteiger partial charge in [-0.05, 0) is 29.8 Å². The van der Waals surface area contributed by atoms with E-state index in [1.807, 2.05) is 55.4 Å². The van der Waals surface area contributed by atoms with Crippen LogP contribution in [0.5, 0.6) is 5.75 Å². The van der Waals surface area contributed by atoms with Crippen LogP contribution in [0.4, 0.5) is 5.69 Å². The van der Waals surface area contributed by atoms with Gasteiger partial charge in [0.2, 0.25) is 0 Å². The molecule has 0 spiro atoms. The highest BCUT2D eigenvalue weighted by molar-refractivity contribution is 6.33. The Kier molecular flexibility index (Phi) is 3.78. The zero-order valence-corrected chi connectivity index (χ0v) is 11.5. The van der Waals surface area contributed by atoms with Gasteiger partial charge in [0, 0.05) is 25.3 Å². The molecular formula is C15H16ClNO.